The van der Waals surface area contributed by atoms with Gasteiger partial charge in [0, 0.05) is 5.02 Å². The molecular formula is C20H19ClN2O. The van der Waals surface area contributed by atoms with E-state index < -0.39 is 5.41 Å². The molecule has 3 nitrogen and oxygen atoms in total. The largest absolute Gasteiger partial charge is 0.349 e. The van der Waals surface area contributed by atoms with Gasteiger partial charge >= 0.3 is 0 Å². The van der Waals surface area contributed by atoms with Gasteiger partial charge in [-0.2, -0.15) is 5.26 Å². The van der Waals surface area contributed by atoms with Gasteiger partial charge in [-0.1, -0.05) is 42.3 Å². The molecule has 0 spiro atoms. The summed E-state index contributed by atoms with van der Waals surface area (Å²) in [5.74, 6) is 0.0629. The van der Waals surface area contributed by atoms with E-state index in [4.69, 9.17) is 16.9 Å². The Morgan fingerprint density at radius 3 is 2.29 bits per heavy atom. The third-order valence-electron chi connectivity index (χ3n) is 4.93. The highest BCUT2D eigenvalue weighted by molar-refractivity contribution is 6.30. The van der Waals surface area contributed by atoms with E-state index >= 15 is 0 Å². The Morgan fingerprint density at radius 2 is 1.79 bits per heavy atom. The quantitative estimate of drug-likeness (QED) is 0.891. The fourth-order valence-electron chi connectivity index (χ4n) is 3.21. The van der Waals surface area contributed by atoms with Gasteiger partial charge in [-0.15, -0.1) is 0 Å². The maximum absolute atomic E-state index is 12.9. The number of nitrogens with zero attached hydrogens (tertiary/aromatic N) is 1. The van der Waals surface area contributed by atoms with Crippen molar-refractivity contribution in [2.24, 2.45) is 0 Å². The minimum atomic E-state index is -0.439. The van der Waals surface area contributed by atoms with Crippen LogP contribution in [0.3, 0.4) is 0 Å². The zero-order valence-electron chi connectivity index (χ0n) is 13.6. The molecule has 1 amide bonds. The van der Waals surface area contributed by atoms with Crippen LogP contribution < -0.4 is 5.32 Å². The van der Waals surface area contributed by atoms with Gasteiger partial charge in [0.25, 0.3) is 0 Å². The molecule has 2 aromatic rings. The molecule has 122 valence electrons. The molecule has 4 heteroatoms. The van der Waals surface area contributed by atoms with E-state index in [1.807, 2.05) is 43.3 Å². The fraction of sp³-hybridized carbons (Fsp3) is 0.300. The van der Waals surface area contributed by atoms with Gasteiger partial charge in [0.05, 0.1) is 23.1 Å². The highest BCUT2D eigenvalue weighted by Crippen LogP contribution is 2.44. The van der Waals surface area contributed by atoms with Gasteiger partial charge in [0.15, 0.2) is 0 Å². The van der Waals surface area contributed by atoms with Crippen molar-refractivity contribution in [3.05, 3.63) is 70.2 Å². The molecule has 1 unspecified atom stereocenters. The highest BCUT2D eigenvalue weighted by Gasteiger charge is 2.45. The van der Waals surface area contributed by atoms with Crippen LogP contribution in [0.5, 0.6) is 0 Å². The van der Waals surface area contributed by atoms with Crippen molar-refractivity contribution in [2.45, 2.75) is 37.6 Å². The minimum absolute atomic E-state index is 0.0629. The fourth-order valence-corrected chi connectivity index (χ4v) is 3.34. The summed E-state index contributed by atoms with van der Waals surface area (Å²) in [5.41, 5.74) is 2.20. The molecular weight excluding hydrogens is 320 g/mol. The van der Waals surface area contributed by atoms with E-state index in [0.29, 0.717) is 10.6 Å². The van der Waals surface area contributed by atoms with Crippen LogP contribution in [0.4, 0.5) is 0 Å². The summed E-state index contributed by atoms with van der Waals surface area (Å²) in [6.45, 7) is 1.97. The average molecular weight is 339 g/mol. The van der Waals surface area contributed by atoms with Crippen LogP contribution in [0.2, 0.25) is 5.02 Å². The van der Waals surface area contributed by atoms with Crippen molar-refractivity contribution < 1.29 is 4.79 Å². The first-order valence-electron chi connectivity index (χ1n) is 8.12. The summed E-state index contributed by atoms with van der Waals surface area (Å²) >= 11 is 5.97. The summed E-state index contributed by atoms with van der Waals surface area (Å²) in [6.07, 6.45) is 2.78. The second-order valence-electron chi connectivity index (χ2n) is 6.37. The van der Waals surface area contributed by atoms with Gasteiger partial charge in [-0.05, 0) is 55.2 Å². The molecule has 0 heterocycles. The number of benzene rings is 2. The van der Waals surface area contributed by atoms with Crippen molar-refractivity contribution in [1.29, 1.82) is 5.26 Å². The van der Waals surface area contributed by atoms with Gasteiger partial charge in [0.1, 0.15) is 0 Å². The second kappa shape index (κ2) is 6.67. The van der Waals surface area contributed by atoms with Crippen LogP contribution in [0.25, 0.3) is 0 Å². The smallest absolute Gasteiger partial charge is 0.231 e. The SMILES string of the molecule is CC(NC(=O)C1(c2ccc(Cl)cc2)CCC1)c1ccc(C#N)cc1. The maximum atomic E-state index is 12.9. The molecule has 1 saturated carbocycles. The number of carbonyl (C=O) groups is 1. The van der Waals surface area contributed by atoms with Crippen molar-refractivity contribution >= 4 is 17.5 Å². The monoisotopic (exact) mass is 338 g/mol. The normalized spacial score (nSPS) is 16.5. The zero-order valence-corrected chi connectivity index (χ0v) is 14.3. The lowest BCUT2D eigenvalue weighted by atomic mass is 9.63. The van der Waals surface area contributed by atoms with E-state index in [2.05, 4.69) is 11.4 Å². The van der Waals surface area contributed by atoms with E-state index in [9.17, 15) is 4.79 Å². The number of carbonyl (C=O) groups excluding carboxylic acids is 1. The van der Waals surface area contributed by atoms with Crippen LogP contribution in [0.1, 0.15) is 48.9 Å². The molecule has 2 aromatic carbocycles. The molecule has 1 aliphatic carbocycles. The third kappa shape index (κ3) is 3.02. The lowest BCUT2D eigenvalue weighted by Gasteiger charge is -2.41. The Morgan fingerprint density at radius 1 is 1.17 bits per heavy atom. The molecule has 1 aliphatic rings. The Bertz CT molecular complexity index is 771. The summed E-state index contributed by atoms with van der Waals surface area (Å²) in [7, 11) is 0. The van der Waals surface area contributed by atoms with E-state index in [1.165, 1.54) is 0 Å². The summed E-state index contributed by atoms with van der Waals surface area (Å²) < 4.78 is 0. The van der Waals surface area contributed by atoms with Crippen molar-refractivity contribution in [2.75, 3.05) is 0 Å². The number of halogens is 1. The number of hydrogen-bond donors (Lipinski definition) is 1. The van der Waals surface area contributed by atoms with E-state index in [0.717, 1.165) is 30.4 Å². The summed E-state index contributed by atoms with van der Waals surface area (Å²) in [4.78, 5) is 12.9. The Labute approximate surface area is 147 Å². The van der Waals surface area contributed by atoms with Crippen LogP contribution >= 0.6 is 11.6 Å². The third-order valence-corrected chi connectivity index (χ3v) is 5.18. The van der Waals surface area contributed by atoms with Crippen molar-refractivity contribution in [1.82, 2.24) is 5.32 Å². The molecule has 0 bridgehead atoms. The molecule has 24 heavy (non-hydrogen) atoms. The van der Waals surface area contributed by atoms with Crippen molar-refractivity contribution in [3.8, 4) is 6.07 Å². The lowest BCUT2D eigenvalue weighted by molar-refractivity contribution is -0.130. The molecule has 1 fully saturated rings. The van der Waals surface area contributed by atoms with Gasteiger partial charge in [0.2, 0.25) is 5.91 Å². The van der Waals surface area contributed by atoms with Crippen LogP contribution in [-0.4, -0.2) is 5.91 Å². The van der Waals surface area contributed by atoms with E-state index in [-0.39, 0.29) is 11.9 Å². The standard InChI is InChI=1S/C20H19ClN2O/c1-14(16-5-3-15(13-22)4-6-16)23-19(24)20(11-2-12-20)17-7-9-18(21)10-8-17/h3-10,14H,2,11-12H2,1H3,(H,23,24). The molecule has 0 aromatic heterocycles. The predicted molar refractivity (Wildman–Crippen MR) is 94.7 cm³/mol. The topological polar surface area (TPSA) is 52.9 Å². The zero-order chi connectivity index (χ0) is 17.2. The number of amides is 1. The molecule has 3 rings (SSSR count). The van der Waals surface area contributed by atoms with E-state index in [1.54, 1.807) is 12.1 Å². The average Bonchev–Trinajstić information content (AvgIpc) is 2.55. The second-order valence-corrected chi connectivity index (χ2v) is 6.81. The Kier molecular flexibility index (Phi) is 4.59. The number of nitriles is 1. The van der Waals surface area contributed by atoms with Gasteiger partial charge in [-0.3, -0.25) is 4.79 Å². The Hall–Kier alpha value is -2.31. The first-order chi connectivity index (χ1) is 11.5. The van der Waals surface area contributed by atoms with Crippen LogP contribution in [0.15, 0.2) is 48.5 Å². The molecule has 0 saturated heterocycles. The van der Waals surface area contributed by atoms with Gasteiger partial charge < -0.3 is 5.32 Å². The number of nitrogens with one attached hydrogen (secondary N) is 1. The predicted octanol–water partition coefficient (Wildman–Crippen LogP) is 4.51. The summed E-state index contributed by atoms with van der Waals surface area (Å²) in [6, 6.07) is 16.9. The highest BCUT2D eigenvalue weighted by atomic mass is 35.5. The van der Waals surface area contributed by atoms with Crippen LogP contribution in [0, 0.1) is 11.3 Å². The van der Waals surface area contributed by atoms with Crippen molar-refractivity contribution in [3.63, 3.8) is 0 Å². The molecule has 0 radical (unpaired) electrons. The van der Waals surface area contributed by atoms with Gasteiger partial charge in [-0.25, -0.2) is 0 Å². The minimum Gasteiger partial charge on any atom is -0.349 e. The Balaban J connectivity index is 1.77. The first-order valence-corrected chi connectivity index (χ1v) is 8.50. The first kappa shape index (κ1) is 16.5. The maximum Gasteiger partial charge on any atom is 0.231 e. The summed E-state index contributed by atoms with van der Waals surface area (Å²) in [5, 5.41) is 12.7. The number of rotatable bonds is 4. The number of hydrogen-bond acceptors (Lipinski definition) is 2. The lowest BCUT2D eigenvalue weighted by Crippen LogP contribution is -2.49. The molecule has 1 N–H and O–H groups in total. The van der Waals surface area contributed by atoms with Crippen LogP contribution in [-0.2, 0) is 10.2 Å². The molecule has 1 atom stereocenters. The molecule has 0 aliphatic heterocycles.